The van der Waals surface area contributed by atoms with Crippen LogP contribution in [0.25, 0.3) is 6.08 Å². The molecule has 1 N–H and O–H groups in total. The fourth-order valence-electron chi connectivity index (χ4n) is 4.09. The lowest BCUT2D eigenvalue weighted by atomic mass is 9.95. The van der Waals surface area contributed by atoms with Crippen LogP contribution in [0.2, 0.25) is 0 Å². The van der Waals surface area contributed by atoms with Gasteiger partial charge in [0.25, 0.3) is 0 Å². The van der Waals surface area contributed by atoms with E-state index in [2.05, 4.69) is 5.32 Å². The number of carbonyl (C=O) groups is 2. The Kier molecular flexibility index (Phi) is 7.82. The maximum absolute atomic E-state index is 12.7. The van der Waals surface area contributed by atoms with Crippen molar-refractivity contribution < 1.29 is 27.5 Å². The number of ether oxygens (including phenoxy) is 2. The number of morpholine rings is 1. The van der Waals surface area contributed by atoms with Gasteiger partial charge in [0.1, 0.15) is 5.00 Å². The van der Waals surface area contributed by atoms with E-state index in [1.54, 1.807) is 25.1 Å². The fraction of sp³-hybridized carbons (Fsp3) is 0.417. The van der Waals surface area contributed by atoms with Crippen molar-refractivity contribution in [2.24, 2.45) is 0 Å². The van der Waals surface area contributed by atoms with Gasteiger partial charge in [-0.15, -0.1) is 11.3 Å². The minimum atomic E-state index is -3.56. The molecule has 1 aliphatic carbocycles. The van der Waals surface area contributed by atoms with Gasteiger partial charge in [-0.3, -0.25) is 4.79 Å². The summed E-state index contributed by atoms with van der Waals surface area (Å²) in [6.07, 6.45) is 6.78. The second kappa shape index (κ2) is 10.8. The Labute approximate surface area is 203 Å². The van der Waals surface area contributed by atoms with Crippen molar-refractivity contribution in [2.45, 2.75) is 37.5 Å². The molecule has 10 heteroatoms. The minimum absolute atomic E-state index is 0.208. The average Bonchev–Trinajstić information content (AvgIpc) is 3.21. The lowest BCUT2D eigenvalue weighted by Crippen LogP contribution is -2.40. The Morgan fingerprint density at radius 1 is 1.15 bits per heavy atom. The maximum atomic E-state index is 12.7. The third-order valence-electron chi connectivity index (χ3n) is 5.80. The van der Waals surface area contributed by atoms with Crippen molar-refractivity contribution in [1.82, 2.24) is 4.31 Å². The van der Waals surface area contributed by atoms with E-state index in [1.165, 1.54) is 33.9 Å². The lowest BCUT2D eigenvalue weighted by molar-refractivity contribution is -0.111. The molecule has 1 aromatic carbocycles. The lowest BCUT2D eigenvalue weighted by Gasteiger charge is -2.26. The predicted octanol–water partition coefficient (Wildman–Crippen LogP) is 3.48. The summed E-state index contributed by atoms with van der Waals surface area (Å²) >= 11 is 1.44. The summed E-state index contributed by atoms with van der Waals surface area (Å²) in [4.78, 5) is 26.5. The predicted molar refractivity (Wildman–Crippen MR) is 131 cm³/mol. The first-order valence-corrected chi connectivity index (χ1v) is 13.6. The molecule has 2 heterocycles. The molecule has 4 rings (SSSR count). The number of aryl methyl sites for hydroxylation is 1. The van der Waals surface area contributed by atoms with Crippen LogP contribution in [0.3, 0.4) is 0 Å². The molecule has 2 aromatic rings. The van der Waals surface area contributed by atoms with Crippen LogP contribution in [0.1, 0.15) is 46.1 Å². The summed E-state index contributed by atoms with van der Waals surface area (Å²) in [5, 5.41) is 3.35. The molecule has 0 saturated carbocycles. The van der Waals surface area contributed by atoms with Crippen LogP contribution >= 0.6 is 11.3 Å². The van der Waals surface area contributed by atoms with Crippen molar-refractivity contribution in [3.05, 3.63) is 51.9 Å². The van der Waals surface area contributed by atoms with E-state index >= 15 is 0 Å². The summed E-state index contributed by atoms with van der Waals surface area (Å²) in [5.74, 6) is -0.771. The maximum Gasteiger partial charge on any atom is 0.341 e. The first-order valence-electron chi connectivity index (χ1n) is 11.4. The molecule has 2 aliphatic rings. The second-order valence-electron chi connectivity index (χ2n) is 8.04. The molecule has 1 aromatic heterocycles. The Hall–Kier alpha value is -2.53. The number of nitrogens with one attached hydrogen (secondary N) is 1. The molecular formula is C24H28N2O6S2. The molecule has 1 fully saturated rings. The number of anilines is 1. The van der Waals surface area contributed by atoms with Crippen molar-refractivity contribution in [1.29, 1.82) is 0 Å². The minimum Gasteiger partial charge on any atom is -0.462 e. The number of benzene rings is 1. The van der Waals surface area contributed by atoms with Gasteiger partial charge < -0.3 is 14.8 Å². The van der Waals surface area contributed by atoms with Crippen LogP contribution in [-0.2, 0) is 37.1 Å². The fourth-order valence-corrected chi connectivity index (χ4v) is 6.77. The highest BCUT2D eigenvalue weighted by molar-refractivity contribution is 7.89. The molecule has 0 bridgehead atoms. The highest BCUT2D eigenvalue weighted by Gasteiger charge is 2.27. The Balaban J connectivity index is 1.45. The topological polar surface area (TPSA) is 102 Å². The number of amides is 1. The van der Waals surface area contributed by atoms with E-state index in [1.807, 2.05) is 0 Å². The molecule has 1 aliphatic heterocycles. The third-order valence-corrected chi connectivity index (χ3v) is 8.92. The molecule has 0 radical (unpaired) electrons. The standard InChI is InChI=1S/C24H28N2O6S2/c1-2-32-24(28)22-19-5-3-4-6-20(19)33-23(22)25-21(27)12-9-17-7-10-18(11-8-17)34(29,30)26-13-15-31-16-14-26/h7-12H,2-6,13-16H2,1H3,(H,25,27)/b12-9+. The quantitative estimate of drug-likeness (QED) is 0.458. The van der Waals surface area contributed by atoms with E-state index in [-0.39, 0.29) is 17.4 Å². The van der Waals surface area contributed by atoms with E-state index in [9.17, 15) is 18.0 Å². The number of rotatable bonds is 7. The highest BCUT2D eigenvalue weighted by atomic mass is 32.2. The average molecular weight is 505 g/mol. The van der Waals surface area contributed by atoms with Gasteiger partial charge in [0.2, 0.25) is 15.9 Å². The third kappa shape index (κ3) is 5.41. The number of esters is 1. The molecule has 0 atom stereocenters. The smallest absolute Gasteiger partial charge is 0.341 e. The zero-order chi connectivity index (χ0) is 24.1. The highest BCUT2D eigenvalue weighted by Crippen LogP contribution is 2.38. The Morgan fingerprint density at radius 2 is 1.85 bits per heavy atom. The van der Waals surface area contributed by atoms with Crippen molar-refractivity contribution in [2.75, 3.05) is 38.2 Å². The summed E-state index contributed by atoms with van der Waals surface area (Å²) in [6.45, 7) is 3.48. The molecular weight excluding hydrogens is 476 g/mol. The largest absolute Gasteiger partial charge is 0.462 e. The van der Waals surface area contributed by atoms with Crippen molar-refractivity contribution in [3.63, 3.8) is 0 Å². The van der Waals surface area contributed by atoms with Gasteiger partial charge in [-0.25, -0.2) is 13.2 Å². The summed E-state index contributed by atoms with van der Waals surface area (Å²) < 4.78 is 37.3. The Bertz CT molecular complexity index is 1180. The monoisotopic (exact) mass is 504 g/mol. The van der Waals surface area contributed by atoms with Gasteiger partial charge in [0.05, 0.1) is 30.3 Å². The van der Waals surface area contributed by atoms with E-state index in [0.717, 1.165) is 36.1 Å². The Morgan fingerprint density at radius 3 is 2.56 bits per heavy atom. The summed E-state index contributed by atoms with van der Waals surface area (Å²) in [7, 11) is -3.56. The van der Waals surface area contributed by atoms with E-state index in [0.29, 0.717) is 42.4 Å². The van der Waals surface area contributed by atoms with Gasteiger partial charge in [0.15, 0.2) is 0 Å². The van der Waals surface area contributed by atoms with E-state index in [4.69, 9.17) is 9.47 Å². The molecule has 182 valence electrons. The van der Waals surface area contributed by atoms with E-state index < -0.39 is 16.0 Å². The molecule has 1 saturated heterocycles. The van der Waals surface area contributed by atoms with Gasteiger partial charge >= 0.3 is 5.97 Å². The molecule has 34 heavy (non-hydrogen) atoms. The van der Waals surface area contributed by atoms with Crippen LogP contribution in [0.15, 0.2) is 35.2 Å². The number of sulfonamides is 1. The summed E-state index contributed by atoms with van der Waals surface area (Å²) in [6, 6.07) is 6.39. The molecule has 1 amide bonds. The first kappa shape index (κ1) is 24.6. The molecule has 8 nitrogen and oxygen atoms in total. The van der Waals surface area contributed by atoms with Crippen LogP contribution in [-0.4, -0.2) is 57.5 Å². The van der Waals surface area contributed by atoms with Gasteiger partial charge in [-0.2, -0.15) is 4.31 Å². The number of nitrogens with zero attached hydrogens (tertiary/aromatic N) is 1. The summed E-state index contributed by atoms with van der Waals surface area (Å²) in [5.41, 5.74) is 2.15. The van der Waals surface area contributed by atoms with Crippen LogP contribution in [0.4, 0.5) is 5.00 Å². The zero-order valence-corrected chi connectivity index (χ0v) is 20.7. The number of thiophene rings is 1. The molecule has 0 unspecified atom stereocenters. The van der Waals surface area contributed by atoms with Gasteiger partial charge in [-0.1, -0.05) is 12.1 Å². The number of fused-ring (bicyclic) bond motifs is 1. The first-order chi connectivity index (χ1) is 16.4. The SMILES string of the molecule is CCOC(=O)c1c(NC(=O)/C=C/c2ccc(S(=O)(=O)N3CCOCC3)cc2)sc2c1CCCC2. The van der Waals surface area contributed by atoms with Crippen LogP contribution < -0.4 is 5.32 Å². The van der Waals surface area contributed by atoms with Crippen molar-refractivity contribution >= 4 is 44.3 Å². The molecule has 0 spiro atoms. The number of carbonyl (C=O) groups excluding carboxylic acids is 2. The van der Waals surface area contributed by atoms with Gasteiger partial charge in [0, 0.05) is 24.0 Å². The normalized spacial score (nSPS) is 16.9. The van der Waals surface area contributed by atoms with Gasteiger partial charge in [-0.05, 0) is 61.9 Å². The van der Waals surface area contributed by atoms with Crippen LogP contribution in [0, 0.1) is 0 Å². The number of hydrogen-bond acceptors (Lipinski definition) is 7. The van der Waals surface area contributed by atoms with Crippen molar-refractivity contribution in [3.8, 4) is 0 Å². The number of hydrogen-bond donors (Lipinski definition) is 1. The zero-order valence-electron chi connectivity index (χ0n) is 19.0. The van der Waals surface area contributed by atoms with Crippen LogP contribution in [0.5, 0.6) is 0 Å². The second-order valence-corrected chi connectivity index (χ2v) is 11.1.